The summed E-state index contributed by atoms with van der Waals surface area (Å²) in [5.41, 5.74) is 0. The van der Waals surface area contributed by atoms with E-state index in [-0.39, 0.29) is 6.10 Å². The van der Waals surface area contributed by atoms with E-state index in [0.717, 1.165) is 17.7 Å². The Morgan fingerprint density at radius 3 is 2.65 bits per heavy atom. The molecule has 0 aliphatic heterocycles. The Kier molecular flexibility index (Phi) is 3.72. The number of hydrogen-bond donors (Lipinski definition) is 1. The molecule has 0 unspecified atom stereocenters. The highest BCUT2D eigenvalue weighted by molar-refractivity contribution is 7.14. The van der Waals surface area contributed by atoms with Crippen LogP contribution in [-0.4, -0.2) is 17.2 Å². The van der Waals surface area contributed by atoms with E-state index in [9.17, 15) is 4.79 Å². The molecule has 0 atom stereocenters. The third-order valence-corrected chi connectivity index (χ3v) is 4.48. The predicted octanol–water partition coefficient (Wildman–Crippen LogP) is 3.89. The second-order valence-electron chi connectivity index (χ2n) is 4.83. The van der Waals surface area contributed by atoms with Crippen LogP contribution < -0.4 is 4.74 Å². The largest absolute Gasteiger partial charge is 0.489 e. The fourth-order valence-electron chi connectivity index (χ4n) is 2.10. The minimum absolute atomic E-state index is 0.211. The smallest absolute Gasteiger partial charge is 0.349 e. The Hall–Kier alpha value is -1.03. The zero-order chi connectivity index (χ0) is 12.4. The van der Waals surface area contributed by atoms with Crippen molar-refractivity contribution in [3.05, 3.63) is 15.8 Å². The van der Waals surface area contributed by atoms with Gasteiger partial charge in [0.15, 0.2) is 4.88 Å². The first-order chi connectivity index (χ1) is 8.08. The molecule has 0 saturated heterocycles. The normalized spacial score (nSPS) is 16.6. The molecule has 4 heteroatoms. The van der Waals surface area contributed by atoms with Crippen molar-refractivity contribution in [1.82, 2.24) is 0 Å². The van der Waals surface area contributed by atoms with E-state index < -0.39 is 5.97 Å². The number of rotatable bonds is 4. The molecule has 0 spiro atoms. The summed E-state index contributed by atoms with van der Waals surface area (Å²) >= 11 is 1.33. The molecule has 1 heterocycles. The molecule has 1 fully saturated rings. The van der Waals surface area contributed by atoms with Crippen molar-refractivity contribution in [3.63, 3.8) is 0 Å². The molecular weight excluding hydrogens is 236 g/mol. The van der Waals surface area contributed by atoms with E-state index in [0.29, 0.717) is 16.5 Å². The monoisotopic (exact) mass is 254 g/mol. The van der Waals surface area contributed by atoms with Crippen molar-refractivity contribution in [1.29, 1.82) is 0 Å². The first kappa shape index (κ1) is 12.4. The van der Waals surface area contributed by atoms with Crippen LogP contribution in [0, 0.1) is 0 Å². The highest BCUT2D eigenvalue weighted by Crippen LogP contribution is 2.36. The van der Waals surface area contributed by atoms with Gasteiger partial charge in [-0.3, -0.25) is 0 Å². The summed E-state index contributed by atoms with van der Waals surface area (Å²) in [6.45, 7) is 4.13. The first-order valence-corrected chi connectivity index (χ1v) is 6.93. The standard InChI is InChI=1S/C13H18O3S/c1-8(2)11-7-10(12(17-11)13(14)15)16-9-5-3-4-6-9/h7-9H,3-6H2,1-2H3,(H,14,15). The zero-order valence-corrected chi connectivity index (χ0v) is 11.0. The molecule has 0 bridgehead atoms. The van der Waals surface area contributed by atoms with Crippen LogP contribution in [-0.2, 0) is 0 Å². The number of thiophene rings is 1. The molecule has 1 aliphatic carbocycles. The molecule has 1 saturated carbocycles. The molecule has 1 aromatic rings. The van der Waals surface area contributed by atoms with Crippen LogP contribution >= 0.6 is 11.3 Å². The summed E-state index contributed by atoms with van der Waals surface area (Å²) in [4.78, 5) is 12.6. The SMILES string of the molecule is CC(C)c1cc(OC2CCCC2)c(C(=O)O)s1. The van der Waals surface area contributed by atoms with Gasteiger partial charge < -0.3 is 9.84 Å². The van der Waals surface area contributed by atoms with Crippen LogP contribution in [0.3, 0.4) is 0 Å². The fraction of sp³-hybridized carbons (Fsp3) is 0.615. The maximum absolute atomic E-state index is 11.2. The fourth-order valence-corrected chi connectivity index (χ4v) is 3.03. The lowest BCUT2D eigenvalue weighted by molar-refractivity contribution is 0.0695. The molecule has 94 valence electrons. The molecule has 0 radical (unpaired) electrons. The van der Waals surface area contributed by atoms with Gasteiger partial charge in [-0.05, 0) is 37.7 Å². The minimum Gasteiger partial charge on any atom is -0.489 e. The van der Waals surface area contributed by atoms with Crippen molar-refractivity contribution < 1.29 is 14.6 Å². The Morgan fingerprint density at radius 1 is 1.47 bits per heavy atom. The van der Waals surface area contributed by atoms with E-state index >= 15 is 0 Å². The van der Waals surface area contributed by atoms with E-state index in [4.69, 9.17) is 9.84 Å². The minimum atomic E-state index is -0.880. The van der Waals surface area contributed by atoms with Crippen LogP contribution in [0.2, 0.25) is 0 Å². The maximum atomic E-state index is 11.2. The van der Waals surface area contributed by atoms with Crippen LogP contribution in [0.5, 0.6) is 5.75 Å². The van der Waals surface area contributed by atoms with Crippen molar-refractivity contribution >= 4 is 17.3 Å². The lowest BCUT2D eigenvalue weighted by Gasteiger charge is -2.11. The Morgan fingerprint density at radius 2 is 2.12 bits per heavy atom. The topological polar surface area (TPSA) is 46.5 Å². The number of hydrogen-bond acceptors (Lipinski definition) is 3. The van der Waals surface area contributed by atoms with Crippen LogP contribution in [0.15, 0.2) is 6.07 Å². The van der Waals surface area contributed by atoms with Crippen LogP contribution in [0.1, 0.15) is 60.0 Å². The summed E-state index contributed by atoms with van der Waals surface area (Å²) in [6, 6.07) is 1.90. The average molecular weight is 254 g/mol. The third-order valence-electron chi connectivity index (χ3n) is 3.08. The van der Waals surface area contributed by atoms with Crippen molar-refractivity contribution in [2.24, 2.45) is 0 Å². The predicted molar refractivity (Wildman–Crippen MR) is 68.3 cm³/mol. The molecule has 0 amide bonds. The third kappa shape index (κ3) is 2.80. The van der Waals surface area contributed by atoms with E-state index in [1.54, 1.807) is 0 Å². The van der Waals surface area contributed by atoms with Gasteiger partial charge in [0.25, 0.3) is 0 Å². The quantitative estimate of drug-likeness (QED) is 0.886. The molecule has 2 rings (SSSR count). The maximum Gasteiger partial charge on any atom is 0.349 e. The zero-order valence-electron chi connectivity index (χ0n) is 10.2. The van der Waals surface area contributed by atoms with Gasteiger partial charge in [-0.2, -0.15) is 0 Å². The molecule has 1 aromatic heterocycles. The summed E-state index contributed by atoms with van der Waals surface area (Å²) < 4.78 is 5.83. The van der Waals surface area contributed by atoms with E-state index in [1.807, 2.05) is 6.07 Å². The molecule has 1 aliphatic rings. The second-order valence-corrected chi connectivity index (χ2v) is 5.91. The van der Waals surface area contributed by atoms with Crippen LogP contribution in [0.4, 0.5) is 0 Å². The molecular formula is C13H18O3S. The second kappa shape index (κ2) is 5.08. The van der Waals surface area contributed by atoms with Gasteiger partial charge in [0.05, 0.1) is 6.10 Å². The molecule has 3 nitrogen and oxygen atoms in total. The number of carbonyl (C=O) groups is 1. The summed E-state index contributed by atoms with van der Waals surface area (Å²) in [6.07, 6.45) is 4.68. The Balaban J connectivity index is 2.20. The summed E-state index contributed by atoms with van der Waals surface area (Å²) in [5, 5.41) is 9.17. The van der Waals surface area contributed by atoms with Gasteiger partial charge in [0.1, 0.15) is 5.75 Å². The number of carboxylic acid groups (broad SMARTS) is 1. The highest BCUT2D eigenvalue weighted by Gasteiger charge is 2.23. The molecule has 1 N–H and O–H groups in total. The summed E-state index contributed by atoms with van der Waals surface area (Å²) in [5.74, 6) is 0.0343. The Labute approximate surface area is 105 Å². The van der Waals surface area contributed by atoms with E-state index in [2.05, 4.69) is 13.8 Å². The van der Waals surface area contributed by atoms with Gasteiger partial charge in [-0.25, -0.2) is 4.79 Å². The molecule has 0 aromatic carbocycles. The number of ether oxygens (including phenoxy) is 1. The van der Waals surface area contributed by atoms with Gasteiger partial charge in [-0.15, -0.1) is 11.3 Å². The van der Waals surface area contributed by atoms with Crippen LogP contribution in [0.25, 0.3) is 0 Å². The van der Waals surface area contributed by atoms with Gasteiger partial charge >= 0.3 is 5.97 Å². The highest BCUT2D eigenvalue weighted by atomic mass is 32.1. The number of carboxylic acids is 1. The van der Waals surface area contributed by atoms with Crippen molar-refractivity contribution in [2.45, 2.75) is 51.6 Å². The molecule has 17 heavy (non-hydrogen) atoms. The average Bonchev–Trinajstić information content (AvgIpc) is 2.87. The lowest BCUT2D eigenvalue weighted by Crippen LogP contribution is -2.12. The lowest BCUT2D eigenvalue weighted by atomic mass is 10.2. The van der Waals surface area contributed by atoms with Gasteiger partial charge in [0.2, 0.25) is 0 Å². The first-order valence-electron chi connectivity index (χ1n) is 6.11. The number of aromatic carboxylic acids is 1. The van der Waals surface area contributed by atoms with Crippen molar-refractivity contribution in [2.75, 3.05) is 0 Å². The van der Waals surface area contributed by atoms with Crippen molar-refractivity contribution in [3.8, 4) is 5.75 Å². The Bertz CT molecular complexity index is 403. The summed E-state index contributed by atoms with van der Waals surface area (Å²) in [7, 11) is 0. The van der Waals surface area contributed by atoms with E-state index in [1.165, 1.54) is 24.2 Å². The van der Waals surface area contributed by atoms with Gasteiger partial charge in [-0.1, -0.05) is 13.8 Å². The van der Waals surface area contributed by atoms with Gasteiger partial charge in [0, 0.05) is 4.88 Å².